The molecular formula is C23H31N3O4S. The maximum atomic E-state index is 12.1. The van der Waals surface area contributed by atoms with Crippen LogP contribution < -0.4 is 10.6 Å². The van der Waals surface area contributed by atoms with Crippen LogP contribution in [0.1, 0.15) is 31.4 Å². The molecule has 0 aromatic heterocycles. The number of benzene rings is 2. The second-order valence-electron chi connectivity index (χ2n) is 7.84. The van der Waals surface area contributed by atoms with Crippen molar-refractivity contribution in [2.75, 3.05) is 31.9 Å². The van der Waals surface area contributed by atoms with E-state index < -0.39 is 16.1 Å². The van der Waals surface area contributed by atoms with E-state index in [-0.39, 0.29) is 24.2 Å². The number of rotatable bonds is 8. The molecule has 2 aromatic rings. The minimum Gasteiger partial charge on any atom is -0.387 e. The molecule has 168 valence electrons. The van der Waals surface area contributed by atoms with Crippen LogP contribution in [0.15, 0.2) is 54.6 Å². The van der Waals surface area contributed by atoms with Crippen LogP contribution in [0.5, 0.6) is 0 Å². The summed E-state index contributed by atoms with van der Waals surface area (Å²) in [6.07, 6.45) is 0.671. The number of nitrogens with one attached hydrogen (secondary N) is 2. The summed E-state index contributed by atoms with van der Waals surface area (Å²) < 4.78 is 25.3. The first-order valence-corrected chi connectivity index (χ1v) is 12.3. The summed E-state index contributed by atoms with van der Waals surface area (Å²) in [7, 11) is -3.13. The van der Waals surface area contributed by atoms with E-state index in [1.54, 1.807) is 6.92 Å². The average Bonchev–Trinajstić information content (AvgIpc) is 2.82. The molecule has 0 bridgehead atoms. The number of aliphatic hydroxyl groups is 1. The van der Waals surface area contributed by atoms with Crippen molar-refractivity contribution < 1.29 is 18.3 Å². The zero-order chi connectivity index (χ0) is 22.3. The van der Waals surface area contributed by atoms with Crippen molar-refractivity contribution in [2.24, 2.45) is 5.92 Å². The molecule has 8 heteroatoms. The highest BCUT2D eigenvalue weighted by Gasteiger charge is 2.26. The number of hydrogen-bond acceptors (Lipinski definition) is 4. The lowest BCUT2D eigenvalue weighted by Gasteiger charge is -2.31. The Bertz CT molecular complexity index is 941. The second kappa shape index (κ2) is 10.7. The third-order valence-electron chi connectivity index (χ3n) is 5.74. The first-order valence-electron chi connectivity index (χ1n) is 10.7. The zero-order valence-corrected chi connectivity index (χ0v) is 18.6. The maximum Gasteiger partial charge on any atom is 0.314 e. The molecule has 0 saturated carbocycles. The van der Waals surface area contributed by atoms with E-state index in [4.69, 9.17) is 0 Å². The molecule has 2 aromatic carbocycles. The van der Waals surface area contributed by atoms with Crippen molar-refractivity contribution in [3.63, 3.8) is 0 Å². The van der Waals surface area contributed by atoms with Crippen molar-refractivity contribution >= 4 is 16.1 Å². The number of sulfonamides is 1. The van der Waals surface area contributed by atoms with Gasteiger partial charge in [-0.25, -0.2) is 17.5 Å². The monoisotopic (exact) mass is 445 g/mol. The highest BCUT2D eigenvalue weighted by Crippen LogP contribution is 2.22. The number of amides is 2. The zero-order valence-electron chi connectivity index (χ0n) is 17.8. The van der Waals surface area contributed by atoms with Crippen molar-refractivity contribution in [1.29, 1.82) is 0 Å². The molecule has 3 rings (SSSR count). The van der Waals surface area contributed by atoms with Crippen LogP contribution in [-0.2, 0) is 10.0 Å². The minimum atomic E-state index is -3.13. The molecule has 0 aliphatic carbocycles. The van der Waals surface area contributed by atoms with Crippen LogP contribution in [0, 0.1) is 5.92 Å². The van der Waals surface area contributed by atoms with Gasteiger partial charge in [0.1, 0.15) is 0 Å². The Morgan fingerprint density at radius 1 is 1.03 bits per heavy atom. The highest BCUT2D eigenvalue weighted by atomic mass is 32.2. The van der Waals surface area contributed by atoms with Gasteiger partial charge in [0.25, 0.3) is 0 Å². The third-order valence-corrected chi connectivity index (χ3v) is 7.62. The van der Waals surface area contributed by atoms with Gasteiger partial charge in [-0.3, -0.25) is 0 Å². The number of carbonyl (C=O) groups excluding carboxylic acids is 1. The SMILES string of the molecule is CCS(=O)(=O)N1CCC(CNC(=O)NCC(O)c2ccc(-c3ccccc3)cc2)CC1. The summed E-state index contributed by atoms with van der Waals surface area (Å²) in [5.41, 5.74) is 2.92. The smallest absolute Gasteiger partial charge is 0.314 e. The number of carbonyl (C=O) groups is 1. The van der Waals surface area contributed by atoms with Crippen LogP contribution in [0.2, 0.25) is 0 Å². The van der Waals surface area contributed by atoms with Crippen molar-refractivity contribution in [1.82, 2.24) is 14.9 Å². The lowest BCUT2D eigenvalue weighted by Crippen LogP contribution is -2.44. The Hall–Kier alpha value is -2.42. The van der Waals surface area contributed by atoms with Gasteiger partial charge >= 0.3 is 6.03 Å². The number of aliphatic hydroxyl groups excluding tert-OH is 1. The lowest BCUT2D eigenvalue weighted by molar-refractivity contribution is 0.172. The summed E-state index contributed by atoms with van der Waals surface area (Å²) in [5.74, 6) is 0.375. The number of urea groups is 1. The fraction of sp³-hybridized carbons (Fsp3) is 0.435. The topological polar surface area (TPSA) is 98.7 Å². The van der Waals surface area contributed by atoms with Crippen molar-refractivity contribution in [2.45, 2.75) is 25.9 Å². The highest BCUT2D eigenvalue weighted by molar-refractivity contribution is 7.89. The molecule has 1 atom stereocenters. The fourth-order valence-electron chi connectivity index (χ4n) is 3.71. The molecule has 1 heterocycles. The molecule has 1 unspecified atom stereocenters. The number of piperidine rings is 1. The maximum absolute atomic E-state index is 12.1. The summed E-state index contributed by atoms with van der Waals surface area (Å²) in [6.45, 7) is 3.26. The van der Waals surface area contributed by atoms with E-state index in [0.717, 1.165) is 29.5 Å². The van der Waals surface area contributed by atoms with Crippen LogP contribution in [-0.4, -0.2) is 55.8 Å². The second-order valence-corrected chi connectivity index (χ2v) is 10.1. The number of hydrogen-bond donors (Lipinski definition) is 3. The van der Waals surface area contributed by atoms with E-state index in [1.807, 2.05) is 54.6 Å². The molecular weight excluding hydrogens is 414 g/mol. The average molecular weight is 446 g/mol. The van der Waals surface area contributed by atoms with Gasteiger partial charge in [0.15, 0.2) is 0 Å². The Kier molecular flexibility index (Phi) is 8.06. The van der Waals surface area contributed by atoms with E-state index >= 15 is 0 Å². The minimum absolute atomic E-state index is 0.115. The largest absolute Gasteiger partial charge is 0.387 e. The van der Waals surface area contributed by atoms with Crippen molar-refractivity contribution in [3.05, 3.63) is 60.2 Å². The molecule has 2 amide bonds. The Balaban J connectivity index is 1.39. The Morgan fingerprint density at radius 3 is 2.26 bits per heavy atom. The molecule has 0 spiro atoms. The molecule has 1 saturated heterocycles. The van der Waals surface area contributed by atoms with Gasteiger partial charge in [0.2, 0.25) is 10.0 Å². The predicted molar refractivity (Wildman–Crippen MR) is 122 cm³/mol. The summed E-state index contributed by atoms with van der Waals surface area (Å²) in [5, 5.41) is 15.9. The van der Waals surface area contributed by atoms with Gasteiger partial charge < -0.3 is 15.7 Å². The quantitative estimate of drug-likeness (QED) is 0.582. The summed E-state index contributed by atoms with van der Waals surface area (Å²) in [4.78, 5) is 12.1. The number of nitrogens with zero attached hydrogens (tertiary/aromatic N) is 1. The first kappa shape index (κ1) is 23.2. The van der Waals surface area contributed by atoms with Crippen LogP contribution in [0.4, 0.5) is 4.79 Å². The van der Waals surface area contributed by atoms with E-state index in [9.17, 15) is 18.3 Å². The van der Waals surface area contributed by atoms with Gasteiger partial charge in [0, 0.05) is 26.2 Å². The summed E-state index contributed by atoms with van der Waals surface area (Å²) in [6, 6.07) is 17.3. The first-order chi connectivity index (χ1) is 14.9. The fourth-order valence-corrected chi connectivity index (χ4v) is 4.84. The molecule has 7 nitrogen and oxygen atoms in total. The Morgan fingerprint density at radius 2 is 1.65 bits per heavy atom. The van der Waals surface area contributed by atoms with Gasteiger partial charge in [-0.15, -0.1) is 0 Å². The Labute approximate surface area is 184 Å². The molecule has 1 aliphatic heterocycles. The van der Waals surface area contributed by atoms with E-state index in [1.165, 1.54) is 4.31 Å². The van der Waals surface area contributed by atoms with Crippen molar-refractivity contribution in [3.8, 4) is 11.1 Å². The molecule has 1 aliphatic rings. The molecule has 1 fully saturated rings. The normalized spacial score (nSPS) is 16.6. The molecule has 31 heavy (non-hydrogen) atoms. The van der Waals surface area contributed by atoms with Gasteiger partial charge in [-0.05, 0) is 42.4 Å². The lowest BCUT2D eigenvalue weighted by atomic mass is 9.98. The van der Waals surface area contributed by atoms with Gasteiger partial charge in [0.05, 0.1) is 11.9 Å². The van der Waals surface area contributed by atoms with Gasteiger partial charge in [-0.1, -0.05) is 54.6 Å². The van der Waals surface area contributed by atoms with E-state index in [0.29, 0.717) is 19.6 Å². The van der Waals surface area contributed by atoms with E-state index in [2.05, 4.69) is 10.6 Å². The molecule has 3 N–H and O–H groups in total. The molecule has 0 radical (unpaired) electrons. The standard InChI is InChI=1S/C23H31N3O4S/c1-2-31(29,30)26-14-12-18(13-15-26)16-24-23(28)25-17-22(27)21-10-8-20(9-11-21)19-6-4-3-5-7-19/h3-11,18,22,27H,2,12-17H2,1H3,(H2,24,25,28). The summed E-state index contributed by atoms with van der Waals surface area (Å²) >= 11 is 0. The predicted octanol–water partition coefficient (Wildman–Crippen LogP) is 2.75. The van der Waals surface area contributed by atoms with Crippen LogP contribution >= 0.6 is 0 Å². The van der Waals surface area contributed by atoms with Gasteiger partial charge in [-0.2, -0.15) is 0 Å². The van der Waals surface area contributed by atoms with Crippen LogP contribution in [0.3, 0.4) is 0 Å². The third kappa shape index (κ3) is 6.53. The van der Waals surface area contributed by atoms with Crippen LogP contribution in [0.25, 0.3) is 11.1 Å².